The number of aromatic nitrogens is 2. The van der Waals surface area contributed by atoms with E-state index in [0.29, 0.717) is 22.8 Å². The number of allylic oxidation sites excluding steroid dienone is 3. The third-order valence-corrected chi connectivity index (χ3v) is 11.5. The van der Waals surface area contributed by atoms with Crippen molar-refractivity contribution in [3.63, 3.8) is 0 Å². The van der Waals surface area contributed by atoms with Crippen molar-refractivity contribution in [3.8, 4) is 0 Å². The van der Waals surface area contributed by atoms with Gasteiger partial charge in [-0.25, -0.2) is 9.97 Å². The van der Waals surface area contributed by atoms with Gasteiger partial charge in [-0.05, 0) is 118 Å². The molecule has 0 saturated carbocycles. The van der Waals surface area contributed by atoms with Crippen LogP contribution in [0.3, 0.4) is 0 Å². The van der Waals surface area contributed by atoms with Crippen LogP contribution in [0.1, 0.15) is 133 Å². The molecule has 1 aliphatic heterocycles. The molecule has 6 heteroatoms. The van der Waals surface area contributed by atoms with Crippen LogP contribution in [0.2, 0.25) is 0 Å². The third kappa shape index (κ3) is 5.94. The number of carbonyl (C=O) groups is 2. The molecule has 8 rings (SSSR count). The summed E-state index contributed by atoms with van der Waals surface area (Å²) in [5.41, 5.74) is 11.8. The number of para-hydroxylation sites is 2. The Kier molecular flexibility index (Phi) is 9.27. The van der Waals surface area contributed by atoms with Gasteiger partial charge < -0.3 is 0 Å². The van der Waals surface area contributed by atoms with Gasteiger partial charge in [0.15, 0.2) is 23.2 Å². The van der Waals surface area contributed by atoms with Crippen LogP contribution < -0.4 is 9.80 Å². The van der Waals surface area contributed by atoms with Gasteiger partial charge in [-0.3, -0.25) is 19.4 Å². The van der Waals surface area contributed by atoms with Crippen LogP contribution in [0.15, 0.2) is 108 Å². The SMILES string of the molecule is Cc1cc2nc3c(nc2cc1C)N(c1c(C(C)C)cccc1C(C)C)C(=CC=C1C(=O)c2cc4ccccc4cc2C1=O)N3c1c(C(C)C)cccc1C(C)C. The van der Waals surface area contributed by atoms with Crippen molar-refractivity contribution < 1.29 is 9.59 Å². The zero-order valence-corrected chi connectivity index (χ0v) is 34.2. The molecule has 0 spiro atoms. The predicted molar refractivity (Wildman–Crippen MR) is 231 cm³/mol. The standard InChI is InChI=1S/C50H50N4O2/c1-27(2)35-17-13-18-36(28(3)4)45(35)53-44(22-21-39-47(55)40-25-33-15-11-12-16-34(33)26-41(40)48(39)56)54(46-37(29(5)6)19-14-20-38(46)30(7)8)50-49(53)51-42-23-31(9)32(10)24-43(42)52-50/h11-30H,1-10H3. The quantitative estimate of drug-likeness (QED) is 0.120. The molecule has 0 saturated heterocycles. The summed E-state index contributed by atoms with van der Waals surface area (Å²) in [6.07, 6.45) is 3.70. The second-order valence-electron chi connectivity index (χ2n) is 16.7. The first-order valence-electron chi connectivity index (χ1n) is 20.0. The van der Waals surface area contributed by atoms with Crippen molar-refractivity contribution in [2.45, 2.75) is 92.9 Å². The number of anilines is 4. The first-order chi connectivity index (χ1) is 26.8. The summed E-state index contributed by atoms with van der Waals surface area (Å²) in [6.45, 7) is 22.0. The minimum atomic E-state index is -0.259. The van der Waals surface area contributed by atoms with E-state index in [-0.39, 0.29) is 40.8 Å². The fourth-order valence-electron chi connectivity index (χ4n) is 8.36. The Morgan fingerprint density at radius 2 is 0.875 bits per heavy atom. The van der Waals surface area contributed by atoms with E-state index in [0.717, 1.165) is 50.1 Å². The molecule has 0 unspecified atom stereocenters. The molecule has 1 aliphatic carbocycles. The summed E-state index contributed by atoms with van der Waals surface area (Å²) >= 11 is 0. The van der Waals surface area contributed by atoms with Gasteiger partial charge in [0.1, 0.15) is 5.82 Å². The Labute approximate surface area is 330 Å². The maximum Gasteiger partial charge on any atom is 0.197 e. The van der Waals surface area contributed by atoms with Crippen molar-refractivity contribution >= 4 is 56.4 Å². The average molecular weight is 739 g/mol. The van der Waals surface area contributed by atoms with E-state index < -0.39 is 0 Å². The fourth-order valence-corrected chi connectivity index (χ4v) is 8.36. The number of benzene rings is 5. The molecule has 6 aromatic rings. The van der Waals surface area contributed by atoms with Crippen LogP contribution in [-0.2, 0) is 0 Å². The van der Waals surface area contributed by atoms with Crippen LogP contribution in [0, 0.1) is 13.8 Å². The maximum absolute atomic E-state index is 14.2. The van der Waals surface area contributed by atoms with Crippen LogP contribution in [0.5, 0.6) is 0 Å². The zero-order valence-electron chi connectivity index (χ0n) is 34.2. The summed E-state index contributed by atoms with van der Waals surface area (Å²) in [4.78, 5) is 43.9. The molecule has 5 aromatic carbocycles. The second kappa shape index (κ2) is 14.0. The smallest absolute Gasteiger partial charge is 0.197 e. The normalized spacial score (nSPS) is 14.1. The highest BCUT2D eigenvalue weighted by Gasteiger charge is 2.42. The van der Waals surface area contributed by atoms with E-state index in [2.05, 4.69) is 128 Å². The number of rotatable bonds is 7. The van der Waals surface area contributed by atoms with E-state index in [9.17, 15) is 9.59 Å². The summed E-state index contributed by atoms with van der Waals surface area (Å²) in [6, 6.07) is 28.9. The Morgan fingerprint density at radius 1 is 0.500 bits per heavy atom. The minimum Gasteiger partial charge on any atom is -0.288 e. The lowest BCUT2D eigenvalue weighted by Crippen LogP contribution is -2.26. The summed E-state index contributed by atoms with van der Waals surface area (Å²) in [7, 11) is 0. The van der Waals surface area contributed by atoms with Gasteiger partial charge in [0.25, 0.3) is 0 Å². The average Bonchev–Trinajstić information content (AvgIpc) is 3.59. The molecule has 1 aromatic heterocycles. The molecule has 2 aliphatic rings. The molecule has 0 amide bonds. The number of ketones is 2. The largest absolute Gasteiger partial charge is 0.288 e. The molecule has 282 valence electrons. The number of nitrogens with zero attached hydrogens (tertiary/aromatic N) is 4. The minimum absolute atomic E-state index is 0.151. The number of fused-ring (bicyclic) bond motifs is 4. The first kappa shape index (κ1) is 37.1. The van der Waals surface area contributed by atoms with Crippen molar-refractivity contribution in [2.24, 2.45) is 0 Å². The molecular weight excluding hydrogens is 689 g/mol. The Balaban J connectivity index is 1.49. The molecule has 0 fully saturated rings. The number of hydrogen-bond acceptors (Lipinski definition) is 6. The lowest BCUT2D eigenvalue weighted by Gasteiger charge is -2.32. The lowest BCUT2D eigenvalue weighted by molar-refractivity contribution is 0.0988. The molecule has 0 atom stereocenters. The Morgan fingerprint density at radius 3 is 1.23 bits per heavy atom. The van der Waals surface area contributed by atoms with Crippen LogP contribution >= 0.6 is 0 Å². The summed E-state index contributed by atoms with van der Waals surface area (Å²) < 4.78 is 0. The highest BCUT2D eigenvalue weighted by Crippen LogP contribution is 2.54. The van der Waals surface area contributed by atoms with Gasteiger partial charge in [0, 0.05) is 11.1 Å². The van der Waals surface area contributed by atoms with E-state index in [1.165, 1.54) is 22.3 Å². The van der Waals surface area contributed by atoms with Gasteiger partial charge in [-0.1, -0.05) is 116 Å². The lowest BCUT2D eigenvalue weighted by atomic mass is 9.91. The Hall–Kier alpha value is -5.88. The third-order valence-electron chi connectivity index (χ3n) is 11.5. The fraction of sp³-hybridized carbons (Fsp3) is 0.280. The van der Waals surface area contributed by atoms with Crippen molar-refractivity contribution in [2.75, 3.05) is 9.80 Å². The van der Waals surface area contributed by atoms with Gasteiger partial charge in [-0.15, -0.1) is 0 Å². The monoisotopic (exact) mass is 738 g/mol. The predicted octanol–water partition coefficient (Wildman–Crippen LogP) is 13.0. The van der Waals surface area contributed by atoms with E-state index >= 15 is 0 Å². The second-order valence-corrected chi connectivity index (χ2v) is 16.7. The number of carbonyl (C=O) groups excluding carboxylic acids is 2. The number of hydrogen-bond donors (Lipinski definition) is 0. The molecule has 56 heavy (non-hydrogen) atoms. The molecular formula is C50H50N4O2. The first-order valence-corrected chi connectivity index (χ1v) is 20.0. The highest BCUT2D eigenvalue weighted by atomic mass is 16.2. The topological polar surface area (TPSA) is 66.4 Å². The molecule has 0 N–H and O–H groups in total. The molecule has 0 bridgehead atoms. The van der Waals surface area contributed by atoms with E-state index in [1.807, 2.05) is 42.5 Å². The number of aryl methyl sites for hydroxylation is 2. The summed E-state index contributed by atoms with van der Waals surface area (Å²) in [5, 5.41) is 1.87. The molecule has 0 radical (unpaired) electrons. The zero-order chi connectivity index (χ0) is 39.7. The van der Waals surface area contributed by atoms with Crippen LogP contribution in [0.25, 0.3) is 21.8 Å². The van der Waals surface area contributed by atoms with Gasteiger partial charge >= 0.3 is 0 Å². The molecule has 6 nitrogen and oxygen atoms in total. The summed E-state index contributed by atoms with van der Waals surface area (Å²) in [5.74, 6) is 2.44. The van der Waals surface area contributed by atoms with Crippen molar-refractivity contribution in [3.05, 3.63) is 153 Å². The van der Waals surface area contributed by atoms with Gasteiger partial charge in [0.2, 0.25) is 0 Å². The van der Waals surface area contributed by atoms with E-state index in [1.54, 1.807) is 6.08 Å². The highest BCUT2D eigenvalue weighted by molar-refractivity contribution is 6.40. The Bertz CT molecular complexity index is 2450. The van der Waals surface area contributed by atoms with Crippen molar-refractivity contribution in [1.29, 1.82) is 0 Å². The van der Waals surface area contributed by atoms with E-state index in [4.69, 9.17) is 9.97 Å². The van der Waals surface area contributed by atoms with Crippen molar-refractivity contribution in [1.82, 2.24) is 9.97 Å². The van der Waals surface area contributed by atoms with Gasteiger partial charge in [-0.2, -0.15) is 0 Å². The number of Topliss-reactive ketones (excluding diaryl/α,β-unsaturated/α-hetero) is 2. The molecule has 2 heterocycles. The van der Waals surface area contributed by atoms with Crippen LogP contribution in [0.4, 0.5) is 23.0 Å². The maximum atomic E-state index is 14.2. The van der Waals surface area contributed by atoms with Gasteiger partial charge in [0.05, 0.1) is 28.0 Å². The van der Waals surface area contributed by atoms with Crippen LogP contribution in [-0.4, -0.2) is 21.5 Å².